The largest absolute Gasteiger partial charge is 0.335 e. The lowest BCUT2D eigenvalue weighted by molar-refractivity contribution is 0.166. The number of amides is 2. The maximum absolute atomic E-state index is 13.2. The molecule has 0 spiro atoms. The first-order chi connectivity index (χ1) is 12.4. The van der Waals surface area contributed by atoms with Crippen molar-refractivity contribution in [3.63, 3.8) is 0 Å². The van der Waals surface area contributed by atoms with Gasteiger partial charge in [0.1, 0.15) is 10.7 Å². The third-order valence-corrected chi connectivity index (χ3v) is 7.35. The first-order valence-electron chi connectivity index (χ1n) is 8.88. The van der Waals surface area contributed by atoms with Crippen LogP contribution in [0.2, 0.25) is 5.02 Å². The van der Waals surface area contributed by atoms with Crippen molar-refractivity contribution in [2.45, 2.75) is 43.0 Å². The Labute approximate surface area is 158 Å². The van der Waals surface area contributed by atoms with Crippen molar-refractivity contribution in [2.24, 2.45) is 0 Å². The van der Waals surface area contributed by atoms with Gasteiger partial charge in [0.05, 0.1) is 5.02 Å². The molecular formula is C17H23ClFN3O3S. The molecule has 144 valence electrons. The first-order valence-corrected chi connectivity index (χ1v) is 10.7. The maximum Gasteiger partial charge on any atom is 0.317 e. The van der Waals surface area contributed by atoms with Crippen LogP contribution < -0.4 is 5.32 Å². The summed E-state index contributed by atoms with van der Waals surface area (Å²) in [6.45, 7) is 1.01. The van der Waals surface area contributed by atoms with Crippen LogP contribution in [0.1, 0.15) is 32.1 Å². The molecule has 1 aromatic rings. The summed E-state index contributed by atoms with van der Waals surface area (Å²) in [5.74, 6) is -0.585. The summed E-state index contributed by atoms with van der Waals surface area (Å²) in [5.41, 5.74) is 0. The zero-order valence-electron chi connectivity index (χ0n) is 14.5. The fourth-order valence-electron chi connectivity index (χ4n) is 3.47. The Morgan fingerprint density at radius 3 is 2.38 bits per heavy atom. The SMILES string of the molecule is O=C(NC1CCCCC1)N1CCN(S(=O)(=O)c2ccc(F)cc2Cl)CC1. The third kappa shape index (κ3) is 4.29. The van der Waals surface area contributed by atoms with E-state index in [1.165, 1.54) is 16.8 Å². The highest BCUT2D eigenvalue weighted by Crippen LogP contribution is 2.26. The van der Waals surface area contributed by atoms with Gasteiger partial charge in [-0.15, -0.1) is 0 Å². The normalized spacial score (nSPS) is 20.2. The topological polar surface area (TPSA) is 69.7 Å². The van der Waals surface area contributed by atoms with Crippen molar-refractivity contribution >= 4 is 27.7 Å². The van der Waals surface area contributed by atoms with E-state index in [4.69, 9.17) is 11.6 Å². The molecule has 1 saturated carbocycles. The van der Waals surface area contributed by atoms with Crippen LogP contribution in [-0.2, 0) is 10.0 Å². The lowest BCUT2D eigenvalue weighted by Crippen LogP contribution is -2.54. The van der Waals surface area contributed by atoms with Gasteiger partial charge in [-0.1, -0.05) is 30.9 Å². The van der Waals surface area contributed by atoms with Gasteiger partial charge in [0, 0.05) is 32.2 Å². The summed E-state index contributed by atoms with van der Waals surface area (Å²) < 4.78 is 39.9. The number of carbonyl (C=O) groups excluding carboxylic acids is 1. The van der Waals surface area contributed by atoms with E-state index >= 15 is 0 Å². The average molecular weight is 404 g/mol. The van der Waals surface area contributed by atoms with E-state index in [0.29, 0.717) is 13.1 Å². The van der Waals surface area contributed by atoms with Crippen molar-refractivity contribution in [3.8, 4) is 0 Å². The number of nitrogens with zero attached hydrogens (tertiary/aromatic N) is 2. The molecule has 0 unspecified atom stereocenters. The highest BCUT2D eigenvalue weighted by molar-refractivity contribution is 7.89. The smallest absolute Gasteiger partial charge is 0.317 e. The average Bonchev–Trinajstić information content (AvgIpc) is 2.62. The minimum atomic E-state index is -3.81. The van der Waals surface area contributed by atoms with Gasteiger partial charge in [0.25, 0.3) is 0 Å². The van der Waals surface area contributed by atoms with Gasteiger partial charge in [-0.05, 0) is 31.0 Å². The van der Waals surface area contributed by atoms with E-state index in [-0.39, 0.29) is 35.1 Å². The van der Waals surface area contributed by atoms with Gasteiger partial charge in [-0.3, -0.25) is 0 Å². The number of sulfonamides is 1. The molecule has 0 aromatic heterocycles. The number of urea groups is 1. The number of hydrogen-bond acceptors (Lipinski definition) is 3. The Balaban J connectivity index is 1.59. The second-order valence-electron chi connectivity index (χ2n) is 6.75. The van der Waals surface area contributed by atoms with Crippen molar-refractivity contribution in [1.29, 1.82) is 0 Å². The number of rotatable bonds is 3. The summed E-state index contributed by atoms with van der Waals surface area (Å²) in [4.78, 5) is 13.9. The first kappa shape index (κ1) is 19.4. The van der Waals surface area contributed by atoms with Gasteiger partial charge in [-0.25, -0.2) is 17.6 Å². The Bertz CT molecular complexity index is 761. The Kier molecular flexibility index (Phi) is 6.04. The molecule has 1 aliphatic carbocycles. The zero-order valence-corrected chi connectivity index (χ0v) is 16.0. The van der Waals surface area contributed by atoms with Crippen LogP contribution in [0.15, 0.2) is 23.1 Å². The molecule has 3 rings (SSSR count). The van der Waals surface area contributed by atoms with E-state index in [9.17, 15) is 17.6 Å². The molecule has 1 saturated heterocycles. The molecule has 0 radical (unpaired) electrons. The number of carbonyl (C=O) groups is 1. The van der Waals surface area contributed by atoms with Crippen LogP contribution in [0.4, 0.5) is 9.18 Å². The number of nitrogens with one attached hydrogen (secondary N) is 1. The monoisotopic (exact) mass is 403 g/mol. The summed E-state index contributed by atoms with van der Waals surface area (Å²) >= 11 is 5.90. The molecule has 1 N–H and O–H groups in total. The molecule has 1 heterocycles. The Morgan fingerprint density at radius 2 is 1.77 bits per heavy atom. The maximum atomic E-state index is 13.2. The van der Waals surface area contributed by atoms with Crippen molar-refractivity contribution in [2.75, 3.05) is 26.2 Å². The zero-order chi connectivity index (χ0) is 18.7. The third-order valence-electron chi connectivity index (χ3n) is 4.97. The van der Waals surface area contributed by atoms with Crippen LogP contribution in [0.25, 0.3) is 0 Å². The van der Waals surface area contributed by atoms with Gasteiger partial charge < -0.3 is 10.2 Å². The van der Waals surface area contributed by atoms with Crippen molar-refractivity contribution in [3.05, 3.63) is 29.0 Å². The molecular weight excluding hydrogens is 381 g/mol. The Morgan fingerprint density at radius 1 is 1.12 bits per heavy atom. The Hall–Kier alpha value is -1.38. The van der Waals surface area contributed by atoms with Gasteiger partial charge in [-0.2, -0.15) is 4.31 Å². The van der Waals surface area contributed by atoms with Crippen LogP contribution in [-0.4, -0.2) is 55.9 Å². The number of hydrogen-bond donors (Lipinski definition) is 1. The van der Waals surface area contributed by atoms with E-state index in [1.54, 1.807) is 4.90 Å². The lowest BCUT2D eigenvalue weighted by Gasteiger charge is -2.35. The van der Waals surface area contributed by atoms with Gasteiger partial charge in [0.2, 0.25) is 10.0 Å². The van der Waals surface area contributed by atoms with Crippen molar-refractivity contribution in [1.82, 2.24) is 14.5 Å². The molecule has 2 amide bonds. The molecule has 2 aliphatic rings. The number of piperazine rings is 1. The van der Waals surface area contributed by atoms with E-state index < -0.39 is 15.8 Å². The molecule has 1 aliphatic heterocycles. The quantitative estimate of drug-likeness (QED) is 0.843. The van der Waals surface area contributed by atoms with Crippen LogP contribution in [0.5, 0.6) is 0 Å². The van der Waals surface area contributed by atoms with Gasteiger partial charge in [0.15, 0.2) is 0 Å². The predicted molar refractivity (Wildman–Crippen MR) is 97.1 cm³/mol. The minimum absolute atomic E-state index is 0.110. The molecule has 6 nitrogen and oxygen atoms in total. The lowest BCUT2D eigenvalue weighted by atomic mass is 9.96. The molecule has 26 heavy (non-hydrogen) atoms. The van der Waals surface area contributed by atoms with E-state index in [0.717, 1.165) is 37.8 Å². The van der Waals surface area contributed by atoms with E-state index in [2.05, 4.69) is 5.32 Å². The molecule has 1 aromatic carbocycles. The molecule has 9 heteroatoms. The summed E-state index contributed by atoms with van der Waals surface area (Å²) in [6.07, 6.45) is 5.49. The van der Waals surface area contributed by atoms with Crippen LogP contribution >= 0.6 is 11.6 Å². The molecule has 2 fully saturated rings. The molecule has 0 atom stereocenters. The summed E-state index contributed by atoms with van der Waals surface area (Å²) in [7, 11) is -3.81. The number of halogens is 2. The summed E-state index contributed by atoms with van der Waals surface area (Å²) in [5, 5.41) is 2.91. The second kappa shape index (κ2) is 8.10. The standard InChI is InChI=1S/C17H23ClFN3O3S/c18-15-12-13(19)6-7-16(15)26(24,25)22-10-8-21(9-11-22)17(23)20-14-4-2-1-3-5-14/h6-7,12,14H,1-5,8-11H2,(H,20,23). The summed E-state index contributed by atoms with van der Waals surface area (Å²) in [6, 6.07) is 3.33. The highest BCUT2D eigenvalue weighted by Gasteiger charge is 2.32. The van der Waals surface area contributed by atoms with Gasteiger partial charge >= 0.3 is 6.03 Å². The predicted octanol–water partition coefficient (Wildman–Crippen LogP) is 2.83. The molecule has 0 bridgehead atoms. The van der Waals surface area contributed by atoms with Crippen molar-refractivity contribution < 1.29 is 17.6 Å². The minimum Gasteiger partial charge on any atom is -0.335 e. The van der Waals surface area contributed by atoms with Crippen LogP contribution in [0.3, 0.4) is 0 Å². The second-order valence-corrected chi connectivity index (χ2v) is 9.06. The van der Waals surface area contributed by atoms with Crippen LogP contribution in [0, 0.1) is 5.82 Å². The van der Waals surface area contributed by atoms with E-state index in [1.807, 2.05) is 0 Å². The highest BCUT2D eigenvalue weighted by atomic mass is 35.5. The fourth-order valence-corrected chi connectivity index (χ4v) is 5.40. The number of benzene rings is 1. The fraction of sp³-hybridized carbons (Fsp3) is 0.588.